The smallest absolute Gasteiger partial charge is 0.0991 e. The lowest BCUT2D eigenvalue weighted by molar-refractivity contribution is 0.882. The first-order chi connectivity index (χ1) is 9.61. The zero-order valence-corrected chi connectivity index (χ0v) is 12.1. The van der Waals surface area contributed by atoms with Gasteiger partial charge in [0.05, 0.1) is 23.0 Å². The molecule has 2 rings (SSSR count). The summed E-state index contributed by atoms with van der Waals surface area (Å²) < 4.78 is 0. The third kappa shape index (κ3) is 3.10. The maximum Gasteiger partial charge on any atom is 0.0991 e. The second-order valence-electron chi connectivity index (χ2n) is 5.01. The van der Waals surface area contributed by atoms with Gasteiger partial charge in [-0.15, -0.1) is 0 Å². The molecule has 0 bridgehead atoms. The van der Waals surface area contributed by atoms with Gasteiger partial charge in [0.25, 0.3) is 0 Å². The molecule has 0 aliphatic heterocycles. The highest BCUT2D eigenvalue weighted by Crippen LogP contribution is 2.27. The van der Waals surface area contributed by atoms with Crippen molar-refractivity contribution >= 4 is 11.4 Å². The maximum atomic E-state index is 8.83. The normalized spacial score (nSPS) is 11.5. The molecule has 0 aromatic heterocycles. The molecule has 0 heterocycles. The molecular weight excluding hydrogens is 246 g/mol. The van der Waals surface area contributed by atoms with Gasteiger partial charge < -0.3 is 10.2 Å². The summed E-state index contributed by atoms with van der Waals surface area (Å²) in [6.07, 6.45) is 0. The number of para-hydroxylation sites is 2. The average molecular weight is 265 g/mol. The Bertz CT molecular complexity index is 609. The van der Waals surface area contributed by atoms with Crippen LogP contribution in [0.25, 0.3) is 0 Å². The Morgan fingerprint density at radius 1 is 1.05 bits per heavy atom. The molecule has 2 aromatic rings. The highest BCUT2D eigenvalue weighted by molar-refractivity contribution is 5.69. The summed E-state index contributed by atoms with van der Waals surface area (Å²) in [6.45, 7) is 2.12. The largest absolute Gasteiger partial charge is 0.377 e. The first-order valence-electron chi connectivity index (χ1n) is 6.65. The van der Waals surface area contributed by atoms with E-state index in [0.717, 1.165) is 16.9 Å². The van der Waals surface area contributed by atoms with Crippen molar-refractivity contribution < 1.29 is 0 Å². The molecule has 0 aliphatic carbocycles. The third-order valence-electron chi connectivity index (χ3n) is 3.30. The fraction of sp³-hybridized carbons (Fsp3) is 0.235. The molecule has 0 saturated heterocycles. The van der Waals surface area contributed by atoms with Crippen molar-refractivity contribution in [3.8, 4) is 6.07 Å². The number of hydrogen-bond donors (Lipinski definition) is 1. The van der Waals surface area contributed by atoms with Crippen LogP contribution in [0.5, 0.6) is 0 Å². The van der Waals surface area contributed by atoms with E-state index >= 15 is 0 Å². The number of hydrogen-bond acceptors (Lipinski definition) is 3. The van der Waals surface area contributed by atoms with Crippen LogP contribution in [0.4, 0.5) is 11.4 Å². The first-order valence-corrected chi connectivity index (χ1v) is 6.65. The maximum absolute atomic E-state index is 8.83. The molecule has 0 spiro atoms. The Balaban J connectivity index is 2.19. The molecule has 0 aliphatic rings. The molecule has 3 heteroatoms. The van der Waals surface area contributed by atoms with Crippen LogP contribution in [0.15, 0.2) is 48.5 Å². The van der Waals surface area contributed by atoms with Gasteiger partial charge in [0.15, 0.2) is 0 Å². The zero-order valence-electron chi connectivity index (χ0n) is 12.1. The lowest BCUT2D eigenvalue weighted by Crippen LogP contribution is -2.14. The Kier molecular flexibility index (Phi) is 4.27. The minimum Gasteiger partial charge on any atom is -0.377 e. The summed E-state index contributed by atoms with van der Waals surface area (Å²) >= 11 is 0. The number of rotatable bonds is 4. The van der Waals surface area contributed by atoms with Crippen LogP contribution in [0, 0.1) is 11.3 Å². The van der Waals surface area contributed by atoms with E-state index in [-0.39, 0.29) is 6.04 Å². The topological polar surface area (TPSA) is 39.1 Å². The molecular formula is C17H19N3. The predicted molar refractivity (Wildman–Crippen MR) is 84.0 cm³/mol. The van der Waals surface area contributed by atoms with Crippen LogP contribution in [-0.2, 0) is 0 Å². The van der Waals surface area contributed by atoms with E-state index < -0.39 is 0 Å². The van der Waals surface area contributed by atoms with Crippen molar-refractivity contribution in [2.45, 2.75) is 13.0 Å². The number of benzene rings is 2. The quantitative estimate of drug-likeness (QED) is 0.914. The van der Waals surface area contributed by atoms with Gasteiger partial charge in [-0.3, -0.25) is 0 Å². The molecule has 2 aromatic carbocycles. The van der Waals surface area contributed by atoms with Crippen molar-refractivity contribution in [2.75, 3.05) is 24.3 Å². The van der Waals surface area contributed by atoms with Crippen LogP contribution in [-0.4, -0.2) is 14.1 Å². The van der Waals surface area contributed by atoms with Crippen LogP contribution >= 0.6 is 0 Å². The fourth-order valence-electron chi connectivity index (χ4n) is 2.15. The summed E-state index contributed by atoms with van der Waals surface area (Å²) in [5, 5.41) is 12.3. The van der Waals surface area contributed by atoms with E-state index in [9.17, 15) is 0 Å². The second kappa shape index (κ2) is 6.12. The minimum atomic E-state index is 0.184. The van der Waals surface area contributed by atoms with Crippen molar-refractivity contribution in [1.29, 1.82) is 5.26 Å². The fourth-order valence-corrected chi connectivity index (χ4v) is 2.15. The zero-order chi connectivity index (χ0) is 14.5. The summed E-state index contributed by atoms with van der Waals surface area (Å²) in [5.74, 6) is 0. The van der Waals surface area contributed by atoms with Crippen molar-refractivity contribution in [2.24, 2.45) is 0 Å². The van der Waals surface area contributed by atoms with Crippen molar-refractivity contribution in [1.82, 2.24) is 0 Å². The standard InChI is InChI=1S/C17H19N3/c1-13(15-10-8-14(12-18)9-11-15)19-16-6-4-5-7-17(16)20(2)3/h4-11,13,19H,1-3H3. The Morgan fingerprint density at radius 3 is 2.30 bits per heavy atom. The molecule has 1 unspecified atom stereocenters. The number of nitrogens with zero attached hydrogens (tertiary/aromatic N) is 2. The lowest BCUT2D eigenvalue weighted by Gasteiger charge is -2.22. The molecule has 0 fully saturated rings. The Hall–Kier alpha value is -2.47. The summed E-state index contributed by atoms with van der Waals surface area (Å²) in [4.78, 5) is 2.09. The van der Waals surface area contributed by atoms with Crippen LogP contribution in [0.1, 0.15) is 24.1 Å². The van der Waals surface area contributed by atoms with E-state index in [0.29, 0.717) is 5.56 Å². The molecule has 0 amide bonds. The average Bonchev–Trinajstić information content (AvgIpc) is 2.47. The molecule has 3 nitrogen and oxygen atoms in total. The van der Waals surface area contributed by atoms with Gasteiger partial charge in [0.2, 0.25) is 0 Å². The summed E-state index contributed by atoms with van der Waals surface area (Å²) in [5.41, 5.74) is 4.12. The SMILES string of the molecule is CC(Nc1ccccc1N(C)C)c1ccc(C#N)cc1. The van der Waals surface area contributed by atoms with Gasteiger partial charge in [0, 0.05) is 20.1 Å². The van der Waals surface area contributed by atoms with Crippen LogP contribution < -0.4 is 10.2 Å². The van der Waals surface area contributed by atoms with E-state index in [1.54, 1.807) is 0 Å². The monoisotopic (exact) mass is 265 g/mol. The number of anilines is 2. The molecule has 102 valence electrons. The predicted octanol–water partition coefficient (Wildman–Crippen LogP) is 3.80. The highest BCUT2D eigenvalue weighted by atomic mass is 15.1. The first kappa shape index (κ1) is 14.0. The lowest BCUT2D eigenvalue weighted by atomic mass is 10.1. The molecule has 0 radical (unpaired) electrons. The van der Waals surface area contributed by atoms with Gasteiger partial charge >= 0.3 is 0 Å². The van der Waals surface area contributed by atoms with E-state index in [4.69, 9.17) is 5.26 Å². The van der Waals surface area contributed by atoms with Gasteiger partial charge in [-0.2, -0.15) is 5.26 Å². The van der Waals surface area contributed by atoms with Crippen molar-refractivity contribution in [3.05, 3.63) is 59.7 Å². The minimum absolute atomic E-state index is 0.184. The van der Waals surface area contributed by atoms with Crippen LogP contribution in [0.2, 0.25) is 0 Å². The van der Waals surface area contributed by atoms with Gasteiger partial charge in [-0.05, 0) is 36.8 Å². The Morgan fingerprint density at radius 2 is 1.70 bits per heavy atom. The third-order valence-corrected chi connectivity index (χ3v) is 3.30. The number of nitriles is 1. The van der Waals surface area contributed by atoms with Crippen LogP contribution in [0.3, 0.4) is 0 Å². The van der Waals surface area contributed by atoms with Crippen molar-refractivity contribution in [3.63, 3.8) is 0 Å². The summed E-state index contributed by atoms with van der Waals surface area (Å²) in [6, 6.07) is 18.3. The molecule has 1 N–H and O–H groups in total. The van der Waals surface area contributed by atoms with Gasteiger partial charge in [-0.25, -0.2) is 0 Å². The molecule has 0 saturated carbocycles. The Labute approximate surface area is 120 Å². The number of nitrogens with one attached hydrogen (secondary N) is 1. The van der Waals surface area contributed by atoms with Gasteiger partial charge in [0.1, 0.15) is 0 Å². The second-order valence-corrected chi connectivity index (χ2v) is 5.01. The van der Waals surface area contributed by atoms with E-state index in [2.05, 4.69) is 35.3 Å². The van der Waals surface area contributed by atoms with E-state index in [1.807, 2.05) is 50.5 Å². The highest BCUT2D eigenvalue weighted by Gasteiger charge is 2.09. The molecule has 20 heavy (non-hydrogen) atoms. The summed E-state index contributed by atoms with van der Waals surface area (Å²) in [7, 11) is 4.07. The van der Waals surface area contributed by atoms with Gasteiger partial charge in [-0.1, -0.05) is 24.3 Å². The molecule has 1 atom stereocenters. The van der Waals surface area contributed by atoms with E-state index in [1.165, 1.54) is 0 Å².